The Labute approximate surface area is 206 Å². The molecule has 0 aliphatic carbocycles. The number of nitrogens with zero attached hydrogens (tertiary/aromatic N) is 2. The van der Waals surface area contributed by atoms with Crippen LogP contribution in [0.1, 0.15) is 19.4 Å². The van der Waals surface area contributed by atoms with E-state index in [9.17, 15) is 18.3 Å². The predicted molar refractivity (Wildman–Crippen MR) is 133 cm³/mol. The molecule has 0 radical (unpaired) electrons. The number of likely N-dealkylation sites (N-methyl/N-ethyl adjacent to an activating group) is 1. The number of rotatable bonds is 7. The Hall–Kier alpha value is -2.33. The van der Waals surface area contributed by atoms with Gasteiger partial charge in [-0.05, 0) is 63.5 Å². The van der Waals surface area contributed by atoms with Crippen LogP contribution in [0.3, 0.4) is 0 Å². The Kier molecular flexibility index (Phi) is 8.46. The van der Waals surface area contributed by atoms with Gasteiger partial charge in [0.1, 0.15) is 11.9 Å². The first-order valence-electron chi connectivity index (χ1n) is 11.1. The highest BCUT2D eigenvalue weighted by Gasteiger charge is 2.31. The minimum Gasteiger partial charge on any atom is -0.488 e. The molecule has 3 atom stereocenters. The summed E-state index contributed by atoms with van der Waals surface area (Å²) in [4.78, 5) is 17.0. The number of anilines is 1. The van der Waals surface area contributed by atoms with Crippen molar-refractivity contribution in [3.63, 3.8) is 0 Å². The lowest BCUT2D eigenvalue weighted by Gasteiger charge is -2.33. The molecule has 2 N–H and O–H groups in total. The number of carbonyl (C=O) groups is 1. The fourth-order valence-corrected chi connectivity index (χ4v) is 5.07. The van der Waals surface area contributed by atoms with Gasteiger partial charge < -0.3 is 19.6 Å². The van der Waals surface area contributed by atoms with Crippen molar-refractivity contribution in [1.29, 1.82) is 0 Å². The van der Waals surface area contributed by atoms with Gasteiger partial charge in [0.2, 0.25) is 5.91 Å². The highest BCUT2D eigenvalue weighted by Crippen LogP contribution is 2.30. The fourth-order valence-electron chi connectivity index (χ4n) is 3.90. The second-order valence-corrected chi connectivity index (χ2v) is 11.2. The van der Waals surface area contributed by atoms with Crippen LogP contribution in [0.4, 0.5) is 5.69 Å². The van der Waals surface area contributed by atoms with Crippen molar-refractivity contribution >= 4 is 33.2 Å². The third-order valence-electron chi connectivity index (χ3n) is 5.84. The van der Waals surface area contributed by atoms with Crippen LogP contribution < -0.4 is 9.46 Å². The van der Waals surface area contributed by atoms with E-state index in [1.165, 1.54) is 24.3 Å². The number of hydrogen-bond donors (Lipinski definition) is 2. The van der Waals surface area contributed by atoms with E-state index in [1.54, 1.807) is 23.1 Å². The van der Waals surface area contributed by atoms with Crippen molar-refractivity contribution in [3.8, 4) is 5.75 Å². The fraction of sp³-hybridized carbons (Fsp3) is 0.458. The van der Waals surface area contributed by atoms with Gasteiger partial charge >= 0.3 is 0 Å². The highest BCUT2D eigenvalue weighted by molar-refractivity contribution is 7.92. The summed E-state index contributed by atoms with van der Waals surface area (Å²) in [5, 5.41) is 10.1. The minimum atomic E-state index is -3.84. The van der Waals surface area contributed by atoms with Gasteiger partial charge in [-0.25, -0.2) is 8.42 Å². The summed E-state index contributed by atoms with van der Waals surface area (Å²) >= 11 is 5.87. The SMILES string of the molecule is C[C@@H]1CN([C@@H](C)CO)C(=O)Cc2cc(NS(=O)(=O)c3ccc(Cl)cc3)ccc2O[C@@H]1CN(C)C. The topological polar surface area (TPSA) is 99.2 Å². The number of amides is 1. The number of sulfonamides is 1. The normalized spacial score (nSPS) is 20.1. The van der Waals surface area contributed by atoms with Crippen molar-refractivity contribution in [3.05, 3.63) is 53.1 Å². The molecular formula is C24H32ClN3O5S. The lowest BCUT2D eigenvalue weighted by Crippen LogP contribution is -2.47. The van der Waals surface area contributed by atoms with E-state index in [1.807, 2.05) is 32.8 Å². The number of nitrogens with one attached hydrogen (secondary N) is 1. The number of aliphatic hydroxyl groups is 1. The van der Waals surface area contributed by atoms with Crippen LogP contribution in [0.25, 0.3) is 0 Å². The molecule has 8 nitrogen and oxygen atoms in total. The quantitative estimate of drug-likeness (QED) is 0.595. The van der Waals surface area contributed by atoms with Gasteiger partial charge in [-0.2, -0.15) is 0 Å². The number of hydrogen-bond acceptors (Lipinski definition) is 6. The van der Waals surface area contributed by atoms with Gasteiger partial charge in [-0.3, -0.25) is 9.52 Å². The number of halogens is 1. The maximum absolute atomic E-state index is 13.2. The van der Waals surface area contributed by atoms with E-state index < -0.39 is 10.0 Å². The standard InChI is InChI=1S/C24H32ClN3O5S/c1-16-13-28(17(2)15-29)24(30)12-18-11-20(7-10-22(18)33-23(16)14-27(3)4)26-34(31,32)21-8-5-19(25)6-9-21/h5-11,16-17,23,26,29H,12-15H2,1-4H3/t16-,17+,23-/m1/s1. The van der Waals surface area contributed by atoms with Crippen LogP contribution in [0.5, 0.6) is 5.75 Å². The lowest BCUT2D eigenvalue weighted by molar-refractivity contribution is -0.134. The smallest absolute Gasteiger partial charge is 0.261 e. The molecule has 2 aromatic rings. The Morgan fingerprint density at radius 3 is 2.53 bits per heavy atom. The largest absolute Gasteiger partial charge is 0.488 e. The van der Waals surface area contributed by atoms with E-state index >= 15 is 0 Å². The van der Waals surface area contributed by atoms with Gasteiger partial charge in [0.25, 0.3) is 10.0 Å². The average molecular weight is 510 g/mol. The minimum absolute atomic E-state index is 0.00869. The first-order valence-corrected chi connectivity index (χ1v) is 13.0. The molecule has 1 amide bonds. The van der Waals surface area contributed by atoms with Crippen molar-refractivity contribution < 1.29 is 23.1 Å². The molecule has 0 aromatic heterocycles. The first kappa shape index (κ1) is 26.3. The Morgan fingerprint density at radius 1 is 1.24 bits per heavy atom. The van der Waals surface area contributed by atoms with E-state index in [0.29, 0.717) is 35.1 Å². The number of fused-ring (bicyclic) bond motifs is 1. The number of aliphatic hydroxyl groups excluding tert-OH is 1. The van der Waals surface area contributed by atoms with Gasteiger partial charge in [0.15, 0.2) is 0 Å². The predicted octanol–water partition coefficient (Wildman–Crippen LogP) is 2.85. The van der Waals surface area contributed by atoms with Gasteiger partial charge in [0.05, 0.1) is 24.0 Å². The van der Waals surface area contributed by atoms with Crippen molar-refractivity contribution in [1.82, 2.24) is 9.80 Å². The summed E-state index contributed by atoms with van der Waals surface area (Å²) < 4.78 is 34.6. The summed E-state index contributed by atoms with van der Waals surface area (Å²) in [6, 6.07) is 10.5. The van der Waals surface area contributed by atoms with Crippen LogP contribution >= 0.6 is 11.6 Å². The lowest BCUT2D eigenvalue weighted by atomic mass is 10.0. The molecule has 1 heterocycles. The zero-order valence-corrected chi connectivity index (χ0v) is 21.4. The van der Waals surface area contributed by atoms with Gasteiger partial charge in [-0.1, -0.05) is 18.5 Å². The highest BCUT2D eigenvalue weighted by atomic mass is 35.5. The van der Waals surface area contributed by atoms with Crippen LogP contribution in [-0.4, -0.2) is 75.2 Å². The third kappa shape index (κ3) is 6.41. The molecule has 3 rings (SSSR count). The van der Waals surface area contributed by atoms with Gasteiger partial charge in [-0.15, -0.1) is 0 Å². The number of carbonyl (C=O) groups excluding carboxylic acids is 1. The second-order valence-electron chi connectivity index (χ2n) is 9.03. The molecule has 1 aliphatic heterocycles. The van der Waals surface area contributed by atoms with E-state index in [4.69, 9.17) is 16.3 Å². The molecule has 34 heavy (non-hydrogen) atoms. The first-order chi connectivity index (χ1) is 16.0. The molecule has 2 aromatic carbocycles. The zero-order chi connectivity index (χ0) is 25.0. The maximum atomic E-state index is 13.2. The zero-order valence-electron chi connectivity index (χ0n) is 19.9. The van der Waals surface area contributed by atoms with Crippen molar-refractivity contribution in [2.75, 3.05) is 38.5 Å². The van der Waals surface area contributed by atoms with E-state index in [2.05, 4.69) is 4.72 Å². The van der Waals surface area contributed by atoms with E-state index in [0.717, 1.165) is 0 Å². The molecule has 0 fully saturated rings. The molecule has 10 heteroatoms. The van der Waals surface area contributed by atoms with Crippen LogP contribution in [0.15, 0.2) is 47.4 Å². The van der Waals surface area contributed by atoms with Crippen LogP contribution in [0.2, 0.25) is 5.02 Å². The average Bonchev–Trinajstić information content (AvgIpc) is 2.81. The molecule has 1 aliphatic rings. The molecule has 0 unspecified atom stereocenters. The number of ether oxygens (including phenoxy) is 1. The van der Waals surface area contributed by atoms with E-state index in [-0.39, 0.29) is 41.9 Å². The maximum Gasteiger partial charge on any atom is 0.261 e. The molecule has 0 saturated heterocycles. The molecule has 186 valence electrons. The van der Waals surface area contributed by atoms with Crippen molar-refractivity contribution in [2.24, 2.45) is 5.92 Å². The Balaban J connectivity index is 1.97. The van der Waals surface area contributed by atoms with Gasteiger partial charge in [0, 0.05) is 35.3 Å². The number of benzene rings is 2. The summed E-state index contributed by atoms with van der Waals surface area (Å²) in [6.07, 6.45) is -0.179. The molecule has 0 spiro atoms. The summed E-state index contributed by atoms with van der Waals surface area (Å²) in [5.41, 5.74) is 0.901. The Bertz CT molecular complexity index is 1110. The summed E-state index contributed by atoms with van der Waals surface area (Å²) in [6.45, 7) is 4.77. The third-order valence-corrected chi connectivity index (χ3v) is 7.49. The van der Waals surface area contributed by atoms with Crippen LogP contribution in [-0.2, 0) is 21.2 Å². The van der Waals surface area contributed by atoms with Crippen molar-refractivity contribution in [2.45, 2.75) is 37.3 Å². The molecule has 0 bridgehead atoms. The monoisotopic (exact) mass is 509 g/mol. The Morgan fingerprint density at radius 2 is 1.91 bits per heavy atom. The summed E-state index contributed by atoms with van der Waals surface area (Å²) in [7, 11) is 0.0700. The second kappa shape index (κ2) is 10.9. The van der Waals surface area contributed by atoms with Crippen LogP contribution in [0, 0.1) is 5.92 Å². The molecule has 0 saturated carbocycles. The summed E-state index contributed by atoms with van der Waals surface area (Å²) in [5.74, 6) is 0.399. The molecular weight excluding hydrogens is 478 g/mol.